The molecule has 0 spiro atoms. The minimum atomic E-state index is -2.96. The lowest BCUT2D eigenvalue weighted by atomic mass is 9.94. The van der Waals surface area contributed by atoms with Crippen molar-refractivity contribution < 1.29 is 18.1 Å². The number of rotatable bonds is 5. The van der Waals surface area contributed by atoms with Gasteiger partial charge in [-0.05, 0) is 58.0 Å². The number of hydrogen-bond acceptors (Lipinski definition) is 4. The van der Waals surface area contributed by atoms with E-state index >= 15 is 0 Å². The van der Waals surface area contributed by atoms with Crippen molar-refractivity contribution in [1.29, 1.82) is 0 Å². The Balaban J connectivity index is 1.92. The van der Waals surface area contributed by atoms with Crippen LogP contribution in [0.15, 0.2) is 40.9 Å². The fourth-order valence-electron chi connectivity index (χ4n) is 4.06. The molecule has 32 heavy (non-hydrogen) atoms. The zero-order chi connectivity index (χ0) is 23.4. The molecule has 1 aliphatic heterocycles. The van der Waals surface area contributed by atoms with Crippen molar-refractivity contribution in [2.75, 3.05) is 0 Å². The highest BCUT2D eigenvalue weighted by molar-refractivity contribution is 9.10. The van der Waals surface area contributed by atoms with Crippen LogP contribution in [0.5, 0.6) is 5.75 Å². The number of nitrogens with one attached hydrogen (secondary N) is 1. The van der Waals surface area contributed by atoms with Crippen molar-refractivity contribution in [2.24, 2.45) is 0 Å². The Kier molecular flexibility index (Phi) is 6.26. The monoisotopic (exact) mass is 545 g/mol. The number of fused-ring (bicyclic) bond motifs is 3. The molecule has 3 aromatic rings. The molecule has 1 unspecified atom stereocenters. The zero-order valence-electron chi connectivity index (χ0n) is 18.0. The molecule has 0 saturated heterocycles. The normalized spacial score (nSPS) is 21.9. The van der Waals surface area contributed by atoms with Crippen LogP contribution >= 0.6 is 27.5 Å². The average Bonchev–Trinajstić information content (AvgIpc) is 3.17. The summed E-state index contributed by atoms with van der Waals surface area (Å²) in [5.74, 6) is 0.742. The summed E-state index contributed by atoms with van der Waals surface area (Å²) in [6.07, 6.45) is 0.432. The second-order valence-corrected chi connectivity index (χ2v) is 12.3. The Morgan fingerprint density at radius 1 is 1.34 bits per heavy atom. The lowest BCUT2D eigenvalue weighted by Gasteiger charge is -2.31. The third-order valence-corrected chi connectivity index (χ3v) is 8.17. The van der Waals surface area contributed by atoms with Gasteiger partial charge < -0.3 is 13.9 Å². The summed E-state index contributed by atoms with van der Waals surface area (Å²) in [5, 5.41) is 0.537. The van der Waals surface area contributed by atoms with Crippen molar-refractivity contribution in [1.82, 2.24) is 14.3 Å². The number of ether oxygens (including phenoxy) is 1. The molecular weight excluding hydrogens is 524 g/mol. The first-order valence-electron chi connectivity index (χ1n) is 10.0. The van der Waals surface area contributed by atoms with Gasteiger partial charge in [0, 0.05) is 32.8 Å². The predicted molar refractivity (Wildman–Crippen MR) is 127 cm³/mol. The van der Waals surface area contributed by atoms with E-state index in [-0.39, 0.29) is 5.75 Å². The van der Waals surface area contributed by atoms with Gasteiger partial charge in [0.15, 0.2) is 0 Å². The van der Waals surface area contributed by atoms with Crippen molar-refractivity contribution in [2.45, 2.75) is 57.1 Å². The van der Waals surface area contributed by atoms with E-state index in [1.165, 1.54) is 6.07 Å². The molecule has 0 bridgehead atoms. The van der Waals surface area contributed by atoms with Gasteiger partial charge >= 0.3 is 6.61 Å². The van der Waals surface area contributed by atoms with Crippen LogP contribution in [-0.4, -0.2) is 25.5 Å². The van der Waals surface area contributed by atoms with Gasteiger partial charge in [-0.25, -0.2) is 4.98 Å². The van der Waals surface area contributed by atoms with E-state index in [1.807, 2.05) is 38.3 Å². The molecule has 10 heteroatoms. The van der Waals surface area contributed by atoms with Crippen molar-refractivity contribution in [3.8, 4) is 5.75 Å². The first-order valence-corrected chi connectivity index (χ1v) is 12.3. The van der Waals surface area contributed by atoms with Gasteiger partial charge in [0.2, 0.25) is 0 Å². The summed E-state index contributed by atoms with van der Waals surface area (Å²) in [5.41, 5.74) is 1.27. The third kappa shape index (κ3) is 4.25. The van der Waals surface area contributed by atoms with Crippen molar-refractivity contribution in [3.63, 3.8) is 0 Å². The Labute approximate surface area is 201 Å². The van der Waals surface area contributed by atoms with Gasteiger partial charge in [-0.15, -0.1) is 4.72 Å². The molecule has 0 radical (unpaired) electrons. The second-order valence-electron chi connectivity index (χ2n) is 9.00. The number of benzene rings is 2. The average molecular weight is 547 g/mol. The van der Waals surface area contributed by atoms with E-state index in [0.717, 1.165) is 5.52 Å². The van der Waals surface area contributed by atoms with Gasteiger partial charge in [0.05, 0.1) is 17.1 Å². The summed E-state index contributed by atoms with van der Waals surface area (Å²) in [6.45, 7) is 4.63. The molecule has 0 amide bonds. The quantitative estimate of drug-likeness (QED) is 0.381. The summed E-state index contributed by atoms with van der Waals surface area (Å²) < 4.78 is 49.7. The number of nitrogens with zero attached hydrogens (tertiary/aromatic N) is 2. The van der Waals surface area contributed by atoms with Gasteiger partial charge in [-0.2, -0.15) is 8.78 Å². The van der Waals surface area contributed by atoms with Crippen molar-refractivity contribution in [3.05, 3.63) is 57.3 Å². The molecule has 5 nitrogen and oxygen atoms in total. The fraction of sp³-hybridized carbons (Fsp3) is 0.409. The number of aromatic nitrogens is 2. The Bertz CT molecular complexity index is 1170. The van der Waals surface area contributed by atoms with E-state index < -0.39 is 34.3 Å². The first-order chi connectivity index (χ1) is 14.9. The van der Waals surface area contributed by atoms with E-state index in [2.05, 4.69) is 20.7 Å². The lowest BCUT2D eigenvalue weighted by molar-refractivity contribution is -0.0507. The number of alkyl halides is 2. The molecule has 0 aliphatic carbocycles. The molecule has 0 saturated carbocycles. The smallest absolute Gasteiger partial charge is 0.387 e. The van der Waals surface area contributed by atoms with Gasteiger partial charge in [0.25, 0.3) is 0 Å². The van der Waals surface area contributed by atoms with E-state index in [1.54, 1.807) is 24.3 Å². The fourth-order valence-corrected chi connectivity index (χ4v) is 5.72. The standard InChI is InChI=1S/C22H23BrClF2N3O2S/c1-21(2,3)32(30)28-22(4)11-16(18-13(23)6-5-7-17(18)31-20(25)26)29-15-10-12(24)8-9-14(15)27-19(22)29/h5-10,16,20,28H,11H2,1-4H3/t16-,22-,32?/m1/s1. The molecule has 1 N–H and O–H groups in total. The van der Waals surface area contributed by atoms with Gasteiger partial charge in [0.1, 0.15) is 21.9 Å². The van der Waals surface area contributed by atoms with Gasteiger partial charge in [-0.1, -0.05) is 33.6 Å². The van der Waals surface area contributed by atoms with E-state index in [9.17, 15) is 13.3 Å². The highest BCUT2D eigenvalue weighted by Gasteiger charge is 2.49. The summed E-state index contributed by atoms with van der Waals surface area (Å²) in [6, 6.07) is 9.92. The van der Waals surface area contributed by atoms with Gasteiger partial charge in [-0.3, -0.25) is 0 Å². The van der Waals surface area contributed by atoms with Crippen LogP contribution in [-0.2, 0) is 16.9 Å². The highest BCUT2D eigenvalue weighted by Crippen LogP contribution is 2.49. The largest absolute Gasteiger partial charge is 0.598 e. The molecule has 2 aromatic carbocycles. The third-order valence-electron chi connectivity index (χ3n) is 5.49. The number of imidazole rings is 1. The van der Waals surface area contributed by atoms with Crippen LogP contribution in [0.3, 0.4) is 0 Å². The van der Waals surface area contributed by atoms with Crippen molar-refractivity contribution >= 4 is 49.9 Å². The van der Waals surface area contributed by atoms with Crippen LogP contribution in [0, 0.1) is 0 Å². The van der Waals surface area contributed by atoms with E-state index in [0.29, 0.717) is 32.8 Å². The second kappa shape index (κ2) is 8.43. The summed E-state index contributed by atoms with van der Waals surface area (Å²) in [7, 11) is 0. The number of hydrogen-bond donors (Lipinski definition) is 1. The summed E-state index contributed by atoms with van der Waals surface area (Å²) >= 11 is 8.42. The van der Waals surface area contributed by atoms with Crippen LogP contribution in [0.1, 0.15) is 51.5 Å². The first kappa shape index (κ1) is 23.8. The molecular formula is C22H23BrClF2N3O2S. The topological polar surface area (TPSA) is 62.1 Å². The van der Waals surface area contributed by atoms with Crippen LogP contribution in [0.25, 0.3) is 11.0 Å². The zero-order valence-corrected chi connectivity index (χ0v) is 21.1. The lowest BCUT2D eigenvalue weighted by Crippen LogP contribution is -2.49. The SMILES string of the molecule is CC(C)(C)[S+]([O-])N[C@]1(C)C[C@H](c2c(Br)cccc2OC(F)F)n2c1nc1ccc(Cl)cc12. The number of halogens is 4. The Morgan fingerprint density at radius 3 is 2.72 bits per heavy atom. The minimum Gasteiger partial charge on any atom is -0.598 e. The molecule has 1 aliphatic rings. The predicted octanol–water partition coefficient (Wildman–Crippen LogP) is 6.31. The molecule has 0 fully saturated rings. The maximum Gasteiger partial charge on any atom is 0.387 e. The molecule has 2 heterocycles. The highest BCUT2D eigenvalue weighted by atomic mass is 79.9. The van der Waals surface area contributed by atoms with Crippen LogP contribution in [0.4, 0.5) is 8.78 Å². The maximum absolute atomic E-state index is 13.2. The molecule has 172 valence electrons. The molecule has 4 rings (SSSR count). The summed E-state index contributed by atoms with van der Waals surface area (Å²) in [4.78, 5) is 4.82. The Hall–Kier alpha value is -1.39. The van der Waals surface area contributed by atoms with Crippen LogP contribution in [0.2, 0.25) is 5.02 Å². The van der Waals surface area contributed by atoms with E-state index in [4.69, 9.17) is 21.3 Å². The van der Waals surface area contributed by atoms with Crippen LogP contribution < -0.4 is 9.46 Å². The minimum absolute atomic E-state index is 0.0791. The Morgan fingerprint density at radius 2 is 2.06 bits per heavy atom. The maximum atomic E-state index is 13.2. The molecule has 3 atom stereocenters. The molecule has 1 aromatic heterocycles.